The van der Waals surface area contributed by atoms with Crippen LogP contribution in [0.1, 0.15) is 66.7 Å². The van der Waals surface area contributed by atoms with Crippen LogP contribution in [0, 0.1) is 23.2 Å². The van der Waals surface area contributed by atoms with E-state index in [0.29, 0.717) is 5.41 Å². The molecule has 0 aromatic rings. The fourth-order valence-corrected chi connectivity index (χ4v) is 3.15. The van der Waals surface area contributed by atoms with Gasteiger partial charge < -0.3 is 0 Å². The third-order valence-electron chi connectivity index (χ3n) is 4.58. The number of hydrogen-bond donors (Lipinski definition) is 0. The van der Waals surface area contributed by atoms with Crippen molar-refractivity contribution in [3.8, 4) is 0 Å². The van der Waals surface area contributed by atoms with Crippen LogP contribution in [0.5, 0.6) is 0 Å². The van der Waals surface area contributed by atoms with Gasteiger partial charge in [0, 0.05) is 0 Å². The molecule has 3 atom stereocenters. The Morgan fingerprint density at radius 2 is 1.64 bits per heavy atom. The van der Waals surface area contributed by atoms with Crippen LogP contribution in [-0.2, 0) is 0 Å². The van der Waals surface area contributed by atoms with Crippen LogP contribution in [0.25, 0.3) is 0 Å². The van der Waals surface area contributed by atoms with E-state index in [1.54, 1.807) is 0 Å². The molecule has 1 aliphatic carbocycles. The Hall–Kier alpha value is 0. The molecule has 14 heavy (non-hydrogen) atoms. The predicted molar refractivity (Wildman–Crippen MR) is 64.4 cm³/mol. The first-order valence-corrected chi connectivity index (χ1v) is 6.54. The second-order valence-electron chi connectivity index (χ2n) is 5.96. The zero-order valence-corrected chi connectivity index (χ0v) is 10.8. The maximum atomic E-state index is 2.43. The summed E-state index contributed by atoms with van der Waals surface area (Å²) in [4.78, 5) is 0. The molecule has 0 amide bonds. The normalized spacial score (nSPS) is 32.8. The molecule has 84 valence electrons. The van der Waals surface area contributed by atoms with Crippen molar-refractivity contribution in [2.75, 3.05) is 0 Å². The summed E-state index contributed by atoms with van der Waals surface area (Å²) in [7, 11) is 0. The summed E-state index contributed by atoms with van der Waals surface area (Å²) in [5.74, 6) is 3.14. The van der Waals surface area contributed by atoms with E-state index >= 15 is 0 Å². The second-order valence-corrected chi connectivity index (χ2v) is 5.96. The maximum absolute atomic E-state index is 2.43. The topological polar surface area (TPSA) is 0 Å². The molecule has 0 aromatic carbocycles. The third-order valence-corrected chi connectivity index (χ3v) is 4.58. The minimum absolute atomic E-state index is 0.580. The van der Waals surface area contributed by atoms with Crippen molar-refractivity contribution in [2.45, 2.75) is 66.7 Å². The van der Waals surface area contributed by atoms with E-state index in [0.717, 1.165) is 17.8 Å². The monoisotopic (exact) mass is 196 g/mol. The van der Waals surface area contributed by atoms with Gasteiger partial charge in [-0.2, -0.15) is 0 Å². The van der Waals surface area contributed by atoms with Gasteiger partial charge in [0.25, 0.3) is 0 Å². The molecule has 0 radical (unpaired) electrons. The Morgan fingerprint density at radius 3 is 2.07 bits per heavy atom. The molecule has 1 rings (SSSR count). The Balaban J connectivity index is 2.41. The van der Waals surface area contributed by atoms with E-state index in [-0.39, 0.29) is 0 Å². The fourth-order valence-electron chi connectivity index (χ4n) is 3.15. The Bertz CT molecular complexity index is 169. The van der Waals surface area contributed by atoms with Gasteiger partial charge in [-0.25, -0.2) is 0 Å². The quantitative estimate of drug-likeness (QED) is 0.587. The average molecular weight is 196 g/mol. The molecule has 1 fully saturated rings. The van der Waals surface area contributed by atoms with Crippen molar-refractivity contribution >= 4 is 0 Å². The molecule has 0 bridgehead atoms. The van der Waals surface area contributed by atoms with E-state index in [4.69, 9.17) is 0 Å². The van der Waals surface area contributed by atoms with Crippen molar-refractivity contribution < 1.29 is 0 Å². The van der Waals surface area contributed by atoms with Crippen LogP contribution in [0.4, 0.5) is 0 Å². The average Bonchev–Trinajstić information content (AvgIpc) is 2.12. The molecule has 1 aliphatic rings. The van der Waals surface area contributed by atoms with E-state index < -0.39 is 0 Å². The molecule has 0 aromatic heterocycles. The smallest absolute Gasteiger partial charge is 0.0354 e. The highest BCUT2D eigenvalue weighted by Gasteiger charge is 2.40. The van der Waals surface area contributed by atoms with Gasteiger partial charge in [0.05, 0.1) is 0 Å². The summed E-state index contributed by atoms with van der Waals surface area (Å²) >= 11 is 0. The first-order valence-electron chi connectivity index (χ1n) is 6.54. The molecule has 0 spiro atoms. The van der Waals surface area contributed by atoms with Gasteiger partial charge >= 0.3 is 0 Å². The van der Waals surface area contributed by atoms with E-state index in [2.05, 4.69) is 34.6 Å². The van der Waals surface area contributed by atoms with E-state index in [9.17, 15) is 0 Å². The van der Waals surface area contributed by atoms with Gasteiger partial charge in [0.1, 0.15) is 0 Å². The Labute approximate surface area is 90.5 Å². The molecule has 0 N–H and O–H groups in total. The van der Waals surface area contributed by atoms with Gasteiger partial charge in [0.2, 0.25) is 0 Å². The van der Waals surface area contributed by atoms with Crippen molar-refractivity contribution in [3.63, 3.8) is 0 Å². The first-order chi connectivity index (χ1) is 6.54. The molecule has 1 saturated carbocycles. The summed E-state index contributed by atoms with van der Waals surface area (Å²) in [5, 5.41) is 0. The highest BCUT2D eigenvalue weighted by atomic mass is 14.4. The minimum Gasteiger partial charge on any atom is -0.0651 e. The predicted octanol–water partition coefficient (Wildman–Crippen LogP) is 4.89. The fraction of sp³-hybridized carbons (Fsp3) is 1.00. The lowest BCUT2D eigenvalue weighted by molar-refractivity contribution is 0.0276. The summed E-state index contributed by atoms with van der Waals surface area (Å²) in [6, 6.07) is 0. The lowest BCUT2D eigenvalue weighted by Crippen LogP contribution is -2.38. The van der Waals surface area contributed by atoms with Gasteiger partial charge in [-0.05, 0) is 36.0 Å². The molecular weight excluding hydrogens is 168 g/mol. The zero-order valence-electron chi connectivity index (χ0n) is 10.8. The second kappa shape index (κ2) is 4.68. The molecular formula is C14H28. The van der Waals surface area contributed by atoms with Crippen LogP contribution in [-0.4, -0.2) is 0 Å². The summed E-state index contributed by atoms with van der Waals surface area (Å²) < 4.78 is 0. The third kappa shape index (κ3) is 2.52. The van der Waals surface area contributed by atoms with Crippen molar-refractivity contribution in [3.05, 3.63) is 0 Å². The van der Waals surface area contributed by atoms with Crippen LogP contribution < -0.4 is 0 Å². The van der Waals surface area contributed by atoms with Gasteiger partial charge in [-0.3, -0.25) is 0 Å². The van der Waals surface area contributed by atoms with Crippen LogP contribution in [0.3, 0.4) is 0 Å². The van der Waals surface area contributed by atoms with Crippen LogP contribution >= 0.6 is 0 Å². The van der Waals surface area contributed by atoms with Crippen molar-refractivity contribution in [2.24, 2.45) is 23.2 Å². The number of hydrogen-bond acceptors (Lipinski definition) is 0. The van der Waals surface area contributed by atoms with Crippen molar-refractivity contribution in [1.29, 1.82) is 0 Å². The lowest BCUT2D eigenvalue weighted by Gasteiger charge is -2.47. The van der Waals surface area contributed by atoms with E-state index in [1.165, 1.54) is 32.1 Å². The molecule has 0 saturated heterocycles. The molecule has 3 unspecified atom stereocenters. The van der Waals surface area contributed by atoms with E-state index in [1.807, 2.05) is 0 Å². The molecule has 0 heterocycles. The van der Waals surface area contributed by atoms with Crippen LogP contribution in [0.2, 0.25) is 0 Å². The molecule has 0 heteroatoms. The molecule has 0 aliphatic heterocycles. The molecule has 0 nitrogen and oxygen atoms in total. The number of rotatable bonds is 5. The zero-order chi connectivity index (χ0) is 10.8. The largest absolute Gasteiger partial charge is 0.0651 e. The van der Waals surface area contributed by atoms with Gasteiger partial charge in [-0.15, -0.1) is 0 Å². The summed E-state index contributed by atoms with van der Waals surface area (Å²) in [6.45, 7) is 11.9. The van der Waals surface area contributed by atoms with Gasteiger partial charge in [-0.1, -0.05) is 53.9 Å². The summed E-state index contributed by atoms with van der Waals surface area (Å²) in [6.07, 6.45) is 7.11. The van der Waals surface area contributed by atoms with Gasteiger partial charge in [0.15, 0.2) is 0 Å². The standard InChI is InChI=1S/C14H28/c1-6-11-9-12(13(11)7-2)10-14(4,5)8-3/h11-13H,6-10H2,1-5H3. The lowest BCUT2D eigenvalue weighted by atomic mass is 9.58. The Morgan fingerprint density at radius 1 is 1.00 bits per heavy atom. The Kier molecular flexibility index (Phi) is 4.04. The highest BCUT2D eigenvalue weighted by molar-refractivity contribution is 4.90. The minimum atomic E-state index is 0.580. The first kappa shape index (κ1) is 12.1. The van der Waals surface area contributed by atoms with Crippen LogP contribution in [0.15, 0.2) is 0 Å². The highest BCUT2D eigenvalue weighted by Crippen LogP contribution is 2.49. The summed E-state index contributed by atoms with van der Waals surface area (Å²) in [5.41, 5.74) is 0.580. The SMILES string of the molecule is CCC1CC(CC(C)(C)CC)C1CC. The maximum Gasteiger partial charge on any atom is -0.0354 e. The van der Waals surface area contributed by atoms with Crippen molar-refractivity contribution in [1.82, 2.24) is 0 Å².